The first-order valence-corrected chi connectivity index (χ1v) is 7.43. The zero-order valence-electron chi connectivity index (χ0n) is 12.5. The molecule has 0 radical (unpaired) electrons. The topological polar surface area (TPSA) is 58.4 Å². The minimum atomic E-state index is -0.0279. The molecular weight excluding hydrogens is 250 g/mol. The van der Waals surface area contributed by atoms with Crippen molar-refractivity contribution in [2.45, 2.75) is 26.7 Å². The molecule has 0 aromatic heterocycles. The first-order valence-electron chi connectivity index (χ1n) is 7.43. The third-order valence-electron chi connectivity index (χ3n) is 3.96. The van der Waals surface area contributed by atoms with Crippen LogP contribution in [-0.4, -0.2) is 37.0 Å². The van der Waals surface area contributed by atoms with Crippen LogP contribution in [0.4, 0.5) is 5.69 Å². The van der Waals surface area contributed by atoms with Crippen molar-refractivity contribution in [2.24, 2.45) is 5.92 Å². The zero-order valence-corrected chi connectivity index (χ0v) is 12.5. The van der Waals surface area contributed by atoms with Crippen LogP contribution in [0.25, 0.3) is 0 Å². The molecule has 4 nitrogen and oxygen atoms in total. The van der Waals surface area contributed by atoms with Gasteiger partial charge in [-0.3, -0.25) is 4.79 Å². The number of nitrogens with zero attached hydrogens (tertiary/aromatic N) is 1. The van der Waals surface area contributed by atoms with Gasteiger partial charge in [-0.1, -0.05) is 13.0 Å². The molecule has 0 saturated carbocycles. The number of nitrogen functional groups attached to an aromatic ring is 1. The molecular formula is C16H25N3O. The molecule has 1 heterocycles. The van der Waals surface area contributed by atoms with E-state index in [1.807, 2.05) is 19.1 Å². The molecule has 0 spiro atoms. The summed E-state index contributed by atoms with van der Waals surface area (Å²) in [6.07, 6.45) is 2.59. The molecule has 1 saturated heterocycles. The Labute approximate surface area is 121 Å². The van der Waals surface area contributed by atoms with Crippen LogP contribution in [0.3, 0.4) is 0 Å². The van der Waals surface area contributed by atoms with E-state index in [9.17, 15) is 4.79 Å². The van der Waals surface area contributed by atoms with E-state index in [-0.39, 0.29) is 5.91 Å². The average molecular weight is 275 g/mol. The van der Waals surface area contributed by atoms with Crippen LogP contribution in [0.2, 0.25) is 0 Å². The maximum absolute atomic E-state index is 12.1. The van der Waals surface area contributed by atoms with Gasteiger partial charge < -0.3 is 16.0 Å². The minimum Gasteiger partial charge on any atom is -0.399 e. The van der Waals surface area contributed by atoms with Gasteiger partial charge >= 0.3 is 0 Å². The lowest BCUT2D eigenvalue weighted by Crippen LogP contribution is -2.40. The first kappa shape index (κ1) is 14.9. The summed E-state index contributed by atoms with van der Waals surface area (Å²) >= 11 is 0. The number of carbonyl (C=O) groups is 1. The number of carbonyl (C=O) groups excluding carboxylic acids is 1. The second kappa shape index (κ2) is 6.75. The summed E-state index contributed by atoms with van der Waals surface area (Å²) < 4.78 is 0. The van der Waals surface area contributed by atoms with Crippen molar-refractivity contribution in [3.05, 3.63) is 29.3 Å². The normalized spacial score (nSPS) is 19.8. The van der Waals surface area contributed by atoms with Gasteiger partial charge in [-0.15, -0.1) is 0 Å². The highest BCUT2D eigenvalue weighted by Gasteiger charge is 2.16. The standard InChI is InChI=1S/C16H25N3O/c1-12-4-3-8-19(11-12)9-7-18-16(20)15-10-14(17)6-5-13(15)2/h5-6,10,12H,3-4,7-9,11,17H2,1-2H3,(H,18,20). The van der Waals surface area contributed by atoms with E-state index in [2.05, 4.69) is 17.1 Å². The molecule has 1 aromatic rings. The van der Waals surface area contributed by atoms with E-state index in [4.69, 9.17) is 5.73 Å². The Morgan fingerprint density at radius 1 is 1.50 bits per heavy atom. The van der Waals surface area contributed by atoms with Crippen LogP contribution in [0.5, 0.6) is 0 Å². The van der Waals surface area contributed by atoms with Crippen molar-refractivity contribution < 1.29 is 4.79 Å². The fourth-order valence-corrected chi connectivity index (χ4v) is 2.80. The molecule has 1 fully saturated rings. The van der Waals surface area contributed by atoms with E-state index in [1.165, 1.54) is 12.8 Å². The highest BCUT2D eigenvalue weighted by molar-refractivity contribution is 5.96. The average Bonchev–Trinajstić information content (AvgIpc) is 2.41. The number of piperidine rings is 1. The summed E-state index contributed by atoms with van der Waals surface area (Å²) in [4.78, 5) is 14.6. The quantitative estimate of drug-likeness (QED) is 0.827. The van der Waals surface area contributed by atoms with Gasteiger partial charge in [0, 0.05) is 30.9 Å². The highest BCUT2D eigenvalue weighted by atomic mass is 16.1. The molecule has 1 aromatic carbocycles. The Morgan fingerprint density at radius 3 is 3.05 bits per heavy atom. The molecule has 3 N–H and O–H groups in total. The smallest absolute Gasteiger partial charge is 0.251 e. The van der Waals surface area contributed by atoms with Crippen LogP contribution in [0.1, 0.15) is 35.7 Å². The Bertz CT molecular complexity index is 473. The maximum Gasteiger partial charge on any atom is 0.251 e. The van der Waals surface area contributed by atoms with Crippen LogP contribution >= 0.6 is 0 Å². The molecule has 2 rings (SSSR count). The number of amides is 1. The van der Waals surface area contributed by atoms with Crippen LogP contribution in [0, 0.1) is 12.8 Å². The maximum atomic E-state index is 12.1. The number of nitrogens with two attached hydrogens (primary N) is 1. The minimum absolute atomic E-state index is 0.0279. The molecule has 1 aliphatic heterocycles. The number of hydrogen-bond donors (Lipinski definition) is 2. The number of nitrogens with one attached hydrogen (secondary N) is 1. The second-order valence-electron chi connectivity index (χ2n) is 5.88. The Kier molecular flexibility index (Phi) is 5.01. The van der Waals surface area contributed by atoms with Gasteiger partial charge in [0.05, 0.1) is 0 Å². The lowest BCUT2D eigenvalue weighted by Gasteiger charge is -2.30. The van der Waals surface area contributed by atoms with E-state index >= 15 is 0 Å². The first-order chi connectivity index (χ1) is 9.56. The van der Waals surface area contributed by atoms with Gasteiger partial charge in [0.2, 0.25) is 0 Å². The number of rotatable bonds is 4. The van der Waals surface area contributed by atoms with Crippen LogP contribution in [-0.2, 0) is 0 Å². The molecule has 1 aliphatic rings. The summed E-state index contributed by atoms with van der Waals surface area (Å²) in [5, 5.41) is 2.99. The van der Waals surface area contributed by atoms with E-state index in [1.54, 1.807) is 6.07 Å². The molecule has 1 amide bonds. The molecule has 1 atom stereocenters. The van der Waals surface area contributed by atoms with Crippen molar-refractivity contribution in [1.82, 2.24) is 10.2 Å². The van der Waals surface area contributed by atoms with Crippen molar-refractivity contribution >= 4 is 11.6 Å². The molecule has 0 bridgehead atoms. The number of benzene rings is 1. The summed E-state index contributed by atoms with van der Waals surface area (Å²) in [5.74, 6) is 0.746. The second-order valence-corrected chi connectivity index (χ2v) is 5.88. The van der Waals surface area contributed by atoms with Gasteiger partial charge in [0.15, 0.2) is 0 Å². The van der Waals surface area contributed by atoms with E-state index in [0.29, 0.717) is 17.8 Å². The third-order valence-corrected chi connectivity index (χ3v) is 3.96. The summed E-state index contributed by atoms with van der Waals surface area (Å²) in [6, 6.07) is 5.45. The summed E-state index contributed by atoms with van der Waals surface area (Å²) in [6.45, 7) is 8.14. The van der Waals surface area contributed by atoms with Crippen molar-refractivity contribution in [3.63, 3.8) is 0 Å². The third kappa shape index (κ3) is 3.97. The Balaban J connectivity index is 1.81. The fraction of sp³-hybridized carbons (Fsp3) is 0.562. The monoisotopic (exact) mass is 275 g/mol. The lowest BCUT2D eigenvalue weighted by atomic mass is 10.0. The summed E-state index contributed by atoms with van der Waals surface area (Å²) in [7, 11) is 0. The van der Waals surface area contributed by atoms with E-state index in [0.717, 1.165) is 31.1 Å². The fourth-order valence-electron chi connectivity index (χ4n) is 2.80. The molecule has 0 aliphatic carbocycles. The Hall–Kier alpha value is -1.55. The number of aryl methyl sites for hydroxylation is 1. The molecule has 4 heteroatoms. The van der Waals surface area contributed by atoms with Crippen LogP contribution in [0.15, 0.2) is 18.2 Å². The zero-order chi connectivity index (χ0) is 14.5. The van der Waals surface area contributed by atoms with Crippen LogP contribution < -0.4 is 11.1 Å². The number of likely N-dealkylation sites (tertiary alicyclic amines) is 1. The van der Waals surface area contributed by atoms with Crippen molar-refractivity contribution in [3.8, 4) is 0 Å². The number of anilines is 1. The van der Waals surface area contributed by atoms with Gasteiger partial charge in [0.25, 0.3) is 5.91 Å². The van der Waals surface area contributed by atoms with Crippen molar-refractivity contribution in [2.75, 3.05) is 31.9 Å². The van der Waals surface area contributed by atoms with Gasteiger partial charge in [0.1, 0.15) is 0 Å². The highest BCUT2D eigenvalue weighted by Crippen LogP contribution is 2.15. The molecule has 1 unspecified atom stereocenters. The van der Waals surface area contributed by atoms with Gasteiger partial charge in [-0.2, -0.15) is 0 Å². The predicted octanol–water partition coefficient (Wildman–Crippen LogP) is 2.04. The van der Waals surface area contributed by atoms with Gasteiger partial charge in [-0.05, 0) is 49.9 Å². The van der Waals surface area contributed by atoms with Gasteiger partial charge in [-0.25, -0.2) is 0 Å². The predicted molar refractivity (Wildman–Crippen MR) is 82.8 cm³/mol. The number of hydrogen-bond acceptors (Lipinski definition) is 3. The summed E-state index contributed by atoms with van der Waals surface area (Å²) in [5.41, 5.74) is 8.01. The van der Waals surface area contributed by atoms with E-state index < -0.39 is 0 Å². The lowest BCUT2D eigenvalue weighted by molar-refractivity contribution is 0.0943. The Morgan fingerprint density at radius 2 is 2.30 bits per heavy atom. The molecule has 110 valence electrons. The largest absolute Gasteiger partial charge is 0.399 e. The SMILES string of the molecule is Cc1ccc(N)cc1C(=O)NCCN1CCCC(C)C1. The molecule has 20 heavy (non-hydrogen) atoms. The van der Waals surface area contributed by atoms with Crippen molar-refractivity contribution in [1.29, 1.82) is 0 Å².